The third-order valence-electron chi connectivity index (χ3n) is 1.54. The van der Waals surface area contributed by atoms with Crippen molar-refractivity contribution in [2.45, 2.75) is 6.92 Å². The quantitative estimate of drug-likeness (QED) is 0.567. The summed E-state index contributed by atoms with van der Waals surface area (Å²) in [5.41, 5.74) is -0.302. The molecule has 0 spiro atoms. The van der Waals surface area contributed by atoms with E-state index in [0.29, 0.717) is 0 Å². The first-order chi connectivity index (χ1) is 8.34. The molecule has 1 aromatic rings. The number of aromatic carboxylic acids is 1. The highest BCUT2D eigenvalue weighted by atomic mass is 32.2. The molecular formula is C7H10N4O6S. The van der Waals surface area contributed by atoms with Gasteiger partial charge in [-0.2, -0.15) is 13.5 Å². The van der Waals surface area contributed by atoms with E-state index in [0.717, 1.165) is 6.07 Å². The van der Waals surface area contributed by atoms with Gasteiger partial charge in [-0.05, 0) is 6.92 Å². The van der Waals surface area contributed by atoms with Crippen LogP contribution in [0, 0.1) is 0 Å². The van der Waals surface area contributed by atoms with Crippen molar-refractivity contribution in [3.05, 3.63) is 11.8 Å². The fraction of sp³-hybridized carbons (Fsp3) is 0.286. The number of rotatable bonds is 5. The monoisotopic (exact) mass is 278 g/mol. The van der Waals surface area contributed by atoms with Crippen molar-refractivity contribution < 1.29 is 27.9 Å². The Labute approximate surface area is 102 Å². The number of nitrogens with zero attached hydrogens (tertiary/aromatic N) is 1. The molecule has 18 heavy (non-hydrogen) atoms. The summed E-state index contributed by atoms with van der Waals surface area (Å²) in [7, 11) is -4.22. The maximum atomic E-state index is 11.3. The van der Waals surface area contributed by atoms with Crippen LogP contribution in [-0.4, -0.2) is 42.4 Å². The standard InChI is InChI=1S/C7H10N4O6S/c1-2-17-7(14)11-18(15,16)10-5-3-4(6(12)13)8-9-5/h3H,2H2,1H3,(H,11,14)(H,12,13)(H2,8,9,10). The molecular weight excluding hydrogens is 268 g/mol. The zero-order chi connectivity index (χ0) is 13.8. The van der Waals surface area contributed by atoms with Gasteiger partial charge in [0.2, 0.25) is 0 Å². The van der Waals surface area contributed by atoms with Gasteiger partial charge in [0.15, 0.2) is 5.82 Å². The smallest absolute Gasteiger partial charge is 0.422 e. The van der Waals surface area contributed by atoms with Crippen LogP contribution in [0.1, 0.15) is 17.4 Å². The number of hydrogen-bond acceptors (Lipinski definition) is 6. The maximum absolute atomic E-state index is 11.3. The SMILES string of the molecule is CCOC(=O)NS(=O)(=O)Nc1cc(C(=O)O)[nH]n1. The molecule has 0 aliphatic carbocycles. The Bertz CT molecular complexity index is 550. The predicted molar refractivity (Wildman–Crippen MR) is 58.2 cm³/mol. The number of aromatic amines is 1. The molecule has 0 aromatic carbocycles. The van der Waals surface area contributed by atoms with Crippen molar-refractivity contribution in [2.24, 2.45) is 0 Å². The number of carbonyl (C=O) groups excluding carboxylic acids is 1. The fourth-order valence-electron chi connectivity index (χ4n) is 0.917. The minimum absolute atomic E-state index is 0.00687. The second-order valence-corrected chi connectivity index (χ2v) is 4.32. The van der Waals surface area contributed by atoms with Crippen LogP contribution in [-0.2, 0) is 14.9 Å². The largest absolute Gasteiger partial charge is 0.477 e. The fourth-order valence-corrected chi connectivity index (χ4v) is 1.63. The molecule has 11 heteroatoms. The second-order valence-electron chi connectivity index (χ2n) is 2.90. The van der Waals surface area contributed by atoms with Gasteiger partial charge in [-0.3, -0.25) is 5.10 Å². The number of anilines is 1. The van der Waals surface area contributed by atoms with E-state index >= 15 is 0 Å². The van der Waals surface area contributed by atoms with E-state index in [4.69, 9.17) is 5.11 Å². The zero-order valence-corrected chi connectivity index (χ0v) is 9.94. The average molecular weight is 278 g/mol. The van der Waals surface area contributed by atoms with Gasteiger partial charge >= 0.3 is 22.3 Å². The van der Waals surface area contributed by atoms with E-state index in [9.17, 15) is 18.0 Å². The highest BCUT2D eigenvalue weighted by molar-refractivity contribution is 7.91. The van der Waals surface area contributed by atoms with Gasteiger partial charge in [0.05, 0.1) is 6.61 Å². The Morgan fingerprint density at radius 1 is 1.56 bits per heavy atom. The van der Waals surface area contributed by atoms with Crippen molar-refractivity contribution in [3.63, 3.8) is 0 Å². The lowest BCUT2D eigenvalue weighted by Gasteiger charge is -2.06. The van der Waals surface area contributed by atoms with Crippen molar-refractivity contribution >= 4 is 28.1 Å². The van der Waals surface area contributed by atoms with Crippen LogP contribution in [0.5, 0.6) is 0 Å². The summed E-state index contributed by atoms with van der Waals surface area (Å²) >= 11 is 0. The van der Waals surface area contributed by atoms with Gasteiger partial charge < -0.3 is 9.84 Å². The van der Waals surface area contributed by atoms with Gasteiger partial charge in [-0.1, -0.05) is 0 Å². The average Bonchev–Trinajstić information content (AvgIpc) is 2.64. The normalized spacial score (nSPS) is 10.7. The van der Waals surface area contributed by atoms with Crippen LogP contribution in [0.15, 0.2) is 6.07 Å². The van der Waals surface area contributed by atoms with Crippen LogP contribution in [0.25, 0.3) is 0 Å². The van der Waals surface area contributed by atoms with Gasteiger partial charge in [0, 0.05) is 6.07 Å². The first-order valence-corrected chi connectivity index (χ1v) is 6.08. The number of hydrogen-bond donors (Lipinski definition) is 4. The summed E-state index contributed by atoms with van der Waals surface area (Å²) in [5, 5.41) is 14.0. The van der Waals surface area contributed by atoms with Gasteiger partial charge in [0.25, 0.3) is 0 Å². The summed E-state index contributed by atoms with van der Waals surface area (Å²) in [5.74, 6) is -1.57. The molecule has 1 heterocycles. The lowest BCUT2D eigenvalue weighted by Crippen LogP contribution is -2.35. The van der Waals surface area contributed by atoms with Gasteiger partial charge in [-0.25, -0.2) is 19.0 Å². The summed E-state index contributed by atoms with van der Waals surface area (Å²) in [6.45, 7) is 1.51. The van der Waals surface area contributed by atoms with E-state index < -0.39 is 22.3 Å². The van der Waals surface area contributed by atoms with Crippen LogP contribution >= 0.6 is 0 Å². The Balaban J connectivity index is 2.70. The molecule has 0 radical (unpaired) electrons. The number of carboxylic acid groups (broad SMARTS) is 1. The number of carboxylic acids is 1. The van der Waals surface area contributed by atoms with Crippen molar-refractivity contribution in [1.29, 1.82) is 0 Å². The molecule has 1 rings (SSSR count). The number of H-pyrrole nitrogens is 1. The second kappa shape index (κ2) is 5.35. The van der Waals surface area contributed by atoms with Crippen LogP contribution in [0.2, 0.25) is 0 Å². The van der Waals surface area contributed by atoms with E-state index in [1.807, 2.05) is 4.72 Å². The summed E-state index contributed by atoms with van der Waals surface area (Å²) in [6.07, 6.45) is -1.15. The van der Waals surface area contributed by atoms with Crippen molar-refractivity contribution in [1.82, 2.24) is 14.9 Å². The molecule has 4 N–H and O–H groups in total. The number of nitrogens with one attached hydrogen (secondary N) is 3. The Hall–Kier alpha value is -2.30. The van der Waals surface area contributed by atoms with E-state index in [-0.39, 0.29) is 18.1 Å². The number of aromatic nitrogens is 2. The topological polar surface area (TPSA) is 150 Å². The van der Waals surface area contributed by atoms with Crippen LogP contribution in [0.3, 0.4) is 0 Å². The Morgan fingerprint density at radius 2 is 2.22 bits per heavy atom. The molecule has 100 valence electrons. The van der Waals surface area contributed by atoms with Crippen molar-refractivity contribution in [2.75, 3.05) is 11.3 Å². The highest BCUT2D eigenvalue weighted by Crippen LogP contribution is 2.06. The first kappa shape index (κ1) is 13.8. The molecule has 1 aromatic heterocycles. The molecule has 0 unspecified atom stereocenters. The number of amides is 1. The van der Waals surface area contributed by atoms with Gasteiger partial charge in [0.1, 0.15) is 5.69 Å². The lowest BCUT2D eigenvalue weighted by atomic mass is 10.4. The van der Waals surface area contributed by atoms with E-state index in [1.54, 1.807) is 4.72 Å². The van der Waals surface area contributed by atoms with Gasteiger partial charge in [-0.15, -0.1) is 0 Å². The third kappa shape index (κ3) is 3.93. The number of ether oxygens (including phenoxy) is 1. The molecule has 0 aliphatic rings. The first-order valence-electron chi connectivity index (χ1n) is 4.60. The zero-order valence-electron chi connectivity index (χ0n) is 9.13. The van der Waals surface area contributed by atoms with E-state index in [1.165, 1.54) is 6.92 Å². The van der Waals surface area contributed by atoms with Crippen LogP contribution < -0.4 is 9.44 Å². The molecule has 0 bridgehead atoms. The molecule has 0 fully saturated rings. The summed E-state index contributed by atoms with van der Waals surface area (Å²) < 4.78 is 30.4. The molecule has 0 aliphatic heterocycles. The summed E-state index contributed by atoms with van der Waals surface area (Å²) in [6, 6.07) is 0.951. The molecule has 0 saturated carbocycles. The van der Waals surface area contributed by atoms with Crippen LogP contribution in [0.4, 0.5) is 10.6 Å². The minimum atomic E-state index is -4.22. The van der Waals surface area contributed by atoms with Crippen molar-refractivity contribution in [3.8, 4) is 0 Å². The molecule has 1 amide bonds. The minimum Gasteiger partial charge on any atom is -0.477 e. The molecule has 10 nitrogen and oxygen atoms in total. The summed E-state index contributed by atoms with van der Waals surface area (Å²) in [4.78, 5) is 21.4. The Kier molecular flexibility index (Phi) is 4.09. The molecule has 0 atom stereocenters. The highest BCUT2D eigenvalue weighted by Gasteiger charge is 2.17. The Morgan fingerprint density at radius 3 is 2.72 bits per heavy atom. The predicted octanol–water partition coefficient (Wildman–Crippen LogP) is -0.489. The molecule has 0 saturated heterocycles. The van der Waals surface area contributed by atoms with E-state index in [2.05, 4.69) is 14.9 Å². The number of carbonyl (C=O) groups is 2. The maximum Gasteiger partial charge on any atom is 0.422 e. The third-order valence-corrected chi connectivity index (χ3v) is 2.45. The lowest BCUT2D eigenvalue weighted by molar-refractivity contribution is 0.0690.